The first-order valence-electron chi connectivity index (χ1n) is 6.94. The molecule has 2 aromatic rings. The summed E-state index contributed by atoms with van der Waals surface area (Å²) in [5.41, 5.74) is 1.92. The fourth-order valence-corrected chi connectivity index (χ4v) is 2.20. The van der Waals surface area contributed by atoms with Crippen molar-refractivity contribution in [2.75, 3.05) is 14.2 Å². The van der Waals surface area contributed by atoms with Crippen LogP contribution in [0.1, 0.15) is 12.5 Å². The largest absolute Gasteiger partial charge is 0.453 e. The van der Waals surface area contributed by atoms with Crippen LogP contribution in [0.4, 0.5) is 4.79 Å². The van der Waals surface area contributed by atoms with Gasteiger partial charge in [0.25, 0.3) is 0 Å². The Kier molecular flexibility index (Phi) is 4.93. The molecule has 1 aromatic carbocycles. The number of pyridine rings is 1. The molecule has 0 unspecified atom stereocenters. The molecule has 1 aromatic heterocycles. The van der Waals surface area contributed by atoms with Crippen LogP contribution >= 0.6 is 0 Å². The van der Waals surface area contributed by atoms with Crippen molar-refractivity contribution in [3.05, 3.63) is 42.1 Å². The fraction of sp³-hybridized carbons (Fsp3) is 0.312. The molecule has 0 spiro atoms. The number of alkyl carbamates (subject to hydrolysis) is 1. The van der Waals surface area contributed by atoms with Gasteiger partial charge >= 0.3 is 6.09 Å². The Labute approximate surface area is 129 Å². The van der Waals surface area contributed by atoms with E-state index < -0.39 is 12.1 Å². The van der Waals surface area contributed by atoms with Gasteiger partial charge in [-0.15, -0.1) is 0 Å². The van der Waals surface area contributed by atoms with Crippen LogP contribution in [-0.2, 0) is 16.1 Å². The summed E-state index contributed by atoms with van der Waals surface area (Å²) in [5, 5.41) is 3.49. The maximum atomic E-state index is 12.2. The third-order valence-corrected chi connectivity index (χ3v) is 3.35. The van der Waals surface area contributed by atoms with E-state index in [2.05, 4.69) is 15.0 Å². The average Bonchev–Trinajstić information content (AvgIpc) is 2.53. The van der Waals surface area contributed by atoms with E-state index in [9.17, 15) is 9.59 Å². The summed E-state index contributed by atoms with van der Waals surface area (Å²) in [6.07, 6.45) is 1.13. The molecule has 1 heterocycles. The Morgan fingerprint density at radius 3 is 2.86 bits per heavy atom. The number of fused-ring (bicyclic) bond motifs is 1. The summed E-state index contributed by atoms with van der Waals surface area (Å²) in [7, 11) is 2.96. The molecule has 0 aliphatic heterocycles. The SMILES string of the molecule is COC(=O)N[C@H](C)C(=O)N(C)Cc1ccc2ncccc2c1. The van der Waals surface area contributed by atoms with Gasteiger partial charge in [0, 0.05) is 25.2 Å². The number of likely N-dealkylation sites (N-methyl/N-ethyl adjacent to an activating group) is 1. The minimum absolute atomic E-state index is 0.184. The lowest BCUT2D eigenvalue weighted by Crippen LogP contribution is -2.45. The predicted molar refractivity (Wildman–Crippen MR) is 83.2 cm³/mol. The highest BCUT2D eigenvalue weighted by Crippen LogP contribution is 2.14. The quantitative estimate of drug-likeness (QED) is 0.936. The molecule has 1 N–H and O–H groups in total. The summed E-state index contributed by atoms with van der Waals surface area (Å²) >= 11 is 0. The number of methoxy groups -OCH3 is 1. The Bertz CT molecular complexity index is 687. The van der Waals surface area contributed by atoms with E-state index in [0.717, 1.165) is 16.5 Å². The van der Waals surface area contributed by atoms with Crippen molar-refractivity contribution in [1.82, 2.24) is 15.2 Å². The number of carbonyl (C=O) groups is 2. The predicted octanol–water partition coefficient (Wildman–Crippen LogP) is 1.94. The Balaban J connectivity index is 2.04. The number of hydrogen-bond acceptors (Lipinski definition) is 4. The van der Waals surface area contributed by atoms with Crippen molar-refractivity contribution in [2.24, 2.45) is 0 Å². The average molecular weight is 301 g/mol. The zero-order valence-electron chi connectivity index (χ0n) is 12.9. The van der Waals surface area contributed by atoms with E-state index in [-0.39, 0.29) is 5.91 Å². The van der Waals surface area contributed by atoms with Crippen molar-refractivity contribution in [1.29, 1.82) is 0 Å². The lowest BCUT2D eigenvalue weighted by molar-refractivity contribution is -0.132. The molecule has 1 atom stereocenters. The van der Waals surface area contributed by atoms with Gasteiger partial charge in [-0.1, -0.05) is 12.1 Å². The molecule has 0 aliphatic rings. The molecular weight excluding hydrogens is 282 g/mol. The number of nitrogens with zero attached hydrogens (tertiary/aromatic N) is 2. The van der Waals surface area contributed by atoms with Gasteiger partial charge in [0.2, 0.25) is 5.91 Å². The van der Waals surface area contributed by atoms with Crippen LogP contribution < -0.4 is 5.32 Å². The zero-order valence-corrected chi connectivity index (χ0v) is 12.9. The highest BCUT2D eigenvalue weighted by Gasteiger charge is 2.19. The Hall–Kier alpha value is -2.63. The van der Waals surface area contributed by atoms with Crippen molar-refractivity contribution in [3.63, 3.8) is 0 Å². The number of hydrogen-bond donors (Lipinski definition) is 1. The van der Waals surface area contributed by atoms with Gasteiger partial charge < -0.3 is 15.0 Å². The first kappa shape index (κ1) is 15.8. The van der Waals surface area contributed by atoms with E-state index in [1.807, 2.05) is 30.3 Å². The van der Waals surface area contributed by atoms with Gasteiger partial charge in [0.05, 0.1) is 12.6 Å². The van der Waals surface area contributed by atoms with Crippen molar-refractivity contribution < 1.29 is 14.3 Å². The molecule has 0 fully saturated rings. The molecule has 6 heteroatoms. The van der Waals surface area contributed by atoms with Crippen LogP contribution in [0.5, 0.6) is 0 Å². The first-order chi connectivity index (χ1) is 10.5. The molecule has 2 rings (SSSR count). The third kappa shape index (κ3) is 3.72. The molecule has 0 saturated carbocycles. The van der Waals surface area contributed by atoms with Crippen LogP contribution in [0.15, 0.2) is 36.5 Å². The topological polar surface area (TPSA) is 71.5 Å². The van der Waals surface area contributed by atoms with E-state index >= 15 is 0 Å². The second kappa shape index (κ2) is 6.89. The maximum Gasteiger partial charge on any atom is 0.407 e. The molecule has 0 bridgehead atoms. The maximum absolute atomic E-state index is 12.2. The van der Waals surface area contributed by atoms with E-state index in [4.69, 9.17) is 0 Å². The fourth-order valence-electron chi connectivity index (χ4n) is 2.20. The number of nitrogens with one attached hydrogen (secondary N) is 1. The second-order valence-electron chi connectivity index (χ2n) is 5.08. The molecule has 0 aliphatic carbocycles. The Morgan fingerprint density at radius 1 is 1.36 bits per heavy atom. The molecule has 22 heavy (non-hydrogen) atoms. The van der Waals surface area contributed by atoms with Crippen LogP contribution in [0.2, 0.25) is 0 Å². The van der Waals surface area contributed by atoms with Crippen molar-refractivity contribution in [2.45, 2.75) is 19.5 Å². The molecule has 2 amide bonds. The molecule has 0 radical (unpaired) electrons. The van der Waals surface area contributed by atoms with Crippen LogP contribution in [0.25, 0.3) is 10.9 Å². The summed E-state index contributed by atoms with van der Waals surface area (Å²) in [5.74, 6) is -0.184. The lowest BCUT2D eigenvalue weighted by atomic mass is 10.1. The normalized spacial score (nSPS) is 11.8. The number of carbonyl (C=O) groups excluding carboxylic acids is 2. The first-order valence-corrected chi connectivity index (χ1v) is 6.94. The van der Waals surface area contributed by atoms with Gasteiger partial charge in [-0.25, -0.2) is 4.79 Å². The molecule has 6 nitrogen and oxygen atoms in total. The third-order valence-electron chi connectivity index (χ3n) is 3.35. The smallest absolute Gasteiger partial charge is 0.407 e. The van der Waals surface area contributed by atoms with E-state index in [1.165, 1.54) is 7.11 Å². The monoisotopic (exact) mass is 301 g/mol. The van der Waals surface area contributed by atoms with Crippen LogP contribution in [0.3, 0.4) is 0 Å². The van der Waals surface area contributed by atoms with Gasteiger partial charge in [-0.05, 0) is 30.7 Å². The highest BCUT2D eigenvalue weighted by molar-refractivity contribution is 5.85. The van der Waals surface area contributed by atoms with Crippen molar-refractivity contribution >= 4 is 22.9 Å². The zero-order chi connectivity index (χ0) is 16.1. The minimum Gasteiger partial charge on any atom is -0.453 e. The number of benzene rings is 1. The minimum atomic E-state index is -0.639. The van der Waals surface area contributed by atoms with Gasteiger partial charge in [-0.2, -0.15) is 0 Å². The molecule has 0 saturated heterocycles. The van der Waals surface area contributed by atoms with Gasteiger partial charge in [0.1, 0.15) is 6.04 Å². The highest BCUT2D eigenvalue weighted by atomic mass is 16.5. The number of rotatable bonds is 4. The summed E-state index contributed by atoms with van der Waals surface area (Å²) in [4.78, 5) is 29.2. The standard InChI is InChI=1S/C16H19N3O3/c1-11(18-16(21)22-3)15(20)19(2)10-12-6-7-14-13(9-12)5-4-8-17-14/h4-9,11H,10H2,1-3H3,(H,18,21)/t11-/m1/s1. The molecular formula is C16H19N3O3. The molecule has 116 valence electrons. The van der Waals surface area contributed by atoms with E-state index in [0.29, 0.717) is 6.54 Å². The Morgan fingerprint density at radius 2 is 2.14 bits per heavy atom. The van der Waals surface area contributed by atoms with Crippen molar-refractivity contribution in [3.8, 4) is 0 Å². The lowest BCUT2D eigenvalue weighted by Gasteiger charge is -2.22. The summed E-state index contributed by atoms with van der Waals surface area (Å²) < 4.78 is 4.49. The van der Waals surface area contributed by atoms with Gasteiger partial charge in [0.15, 0.2) is 0 Å². The van der Waals surface area contributed by atoms with E-state index in [1.54, 1.807) is 25.1 Å². The summed E-state index contributed by atoms with van der Waals surface area (Å²) in [6.45, 7) is 2.08. The number of amides is 2. The van der Waals surface area contributed by atoms with Crippen LogP contribution in [-0.4, -0.2) is 42.1 Å². The van der Waals surface area contributed by atoms with Gasteiger partial charge in [-0.3, -0.25) is 9.78 Å². The summed E-state index contributed by atoms with van der Waals surface area (Å²) in [6, 6.07) is 9.10. The second-order valence-corrected chi connectivity index (χ2v) is 5.08. The number of aromatic nitrogens is 1. The number of ether oxygens (including phenoxy) is 1. The van der Waals surface area contributed by atoms with Crippen LogP contribution in [0, 0.1) is 0 Å².